The molecule has 2 N–H and O–H groups in total. The molecule has 0 bridgehead atoms. The Labute approximate surface area is 93.2 Å². The van der Waals surface area contributed by atoms with Gasteiger partial charge in [0.25, 0.3) is 10.1 Å². The van der Waals surface area contributed by atoms with Gasteiger partial charge in [0.05, 0.1) is 4.92 Å². The summed E-state index contributed by atoms with van der Waals surface area (Å²) in [5, 5.41) is 18.9. The van der Waals surface area contributed by atoms with Crippen molar-refractivity contribution in [2.75, 3.05) is 0 Å². The van der Waals surface area contributed by atoms with Crippen molar-refractivity contribution in [3.8, 4) is 0 Å². The van der Waals surface area contributed by atoms with Crippen LogP contribution in [0.5, 0.6) is 0 Å². The third-order valence-corrected chi connectivity index (χ3v) is 2.58. The standard InChI is InChI=1S/C7H4FNO7S/c8-6-4(7(10)11)1-3(17(14,15)16)2-5(6)9(12)13/h1-2H,(H,10,11)(H,14,15,16). The highest BCUT2D eigenvalue weighted by atomic mass is 32.2. The van der Waals surface area contributed by atoms with E-state index in [0.717, 1.165) is 0 Å². The number of nitro benzene ring substituents is 1. The molecule has 0 saturated carbocycles. The number of hydrogen-bond acceptors (Lipinski definition) is 5. The lowest BCUT2D eigenvalue weighted by molar-refractivity contribution is -0.387. The fraction of sp³-hybridized carbons (Fsp3) is 0. The Balaban J connectivity index is 3.71. The number of carbonyl (C=O) groups is 1. The Morgan fingerprint density at radius 2 is 1.94 bits per heavy atom. The van der Waals surface area contributed by atoms with Crippen molar-refractivity contribution in [1.82, 2.24) is 0 Å². The molecule has 0 spiro atoms. The number of benzene rings is 1. The second-order valence-corrected chi connectivity index (χ2v) is 4.26. The third-order valence-electron chi connectivity index (χ3n) is 1.75. The van der Waals surface area contributed by atoms with E-state index < -0.39 is 43.0 Å². The predicted molar refractivity (Wildman–Crippen MR) is 49.8 cm³/mol. The van der Waals surface area contributed by atoms with Gasteiger partial charge < -0.3 is 5.11 Å². The summed E-state index contributed by atoms with van der Waals surface area (Å²) in [6, 6.07) is 0.525. The first kappa shape index (κ1) is 13.0. The highest BCUT2D eigenvalue weighted by Gasteiger charge is 2.27. The second-order valence-electron chi connectivity index (χ2n) is 2.84. The van der Waals surface area contributed by atoms with Crippen LogP contribution in [0.1, 0.15) is 10.4 Å². The van der Waals surface area contributed by atoms with E-state index in [4.69, 9.17) is 9.66 Å². The van der Waals surface area contributed by atoms with Crippen LogP contribution in [0.2, 0.25) is 0 Å². The van der Waals surface area contributed by atoms with Gasteiger partial charge in [0.2, 0.25) is 5.82 Å². The van der Waals surface area contributed by atoms with Gasteiger partial charge in [0.15, 0.2) is 0 Å². The minimum atomic E-state index is -4.87. The van der Waals surface area contributed by atoms with E-state index in [1.165, 1.54) is 0 Å². The van der Waals surface area contributed by atoms with E-state index in [-0.39, 0.29) is 6.07 Å². The molecule has 0 fully saturated rings. The number of nitro groups is 1. The smallest absolute Gasteiger partial charge is 0.339 e. The molecule has 17 heavy (non-hydrogen) atoms. The lowest BCUT2D eigenvalue weighted by Gasteiger charge is -2.02. The highest BCUT2D eigenvalue weighted by Crippen LogP contribution is 2.25. The van der Waals surface area contributed by atoms with Gasteiger partial charge >= 0.3 is 11.7 Å². The lowest BCUT2D eigenvalue weighted by atomic mass is 10.2. The number of aromatic carboxylic acids is 1. The first-order valence-corrected chi connectivity index (χ1v) is 5.27. The molecule has 0 aliphatic rings. The van der Waals surface area contributed by atoms with E-state index in [9.17, 15) is 27.7 Å². The van der Waals surface area contributed by atoms with E-state index in [0.29, 0.717) is 6.07 Å². The predicted octanol–water partition coefficient (Wildman–Crippen LogP) is 0.679. The molecule has 0 aliphatic heterocycles. The van der Waals surface area contributed by atoms with Crippen molar-refractivity contribution < 1.29 is 32.2 Å². The second kappa shape index (κ2) is 4.07. The average molecular weight is 265 g/mol. The number of nitrogens with zero attached hydrogens (tertiary/aromatic N) is 1. The first-order chi connectivity index (χ1) is 7.64. The van der Waals surface area contributed by atoms with E-state index in [2.05, 4.69) is 0 Å². The molecule has 0 amide bonds. The number of carboxylic acid groups (broad SMARTS) is 1. The van der Waals surface area contributed by atoms with E-state index >= 15 is 0 Å². The molecule has 10 heteroatoms. The summed E-state index contributed by atoms with van der Waals surface area (Å²) in [6.07, 6.45) is 0. The molecule has 1 aromatic rings. The summed E-state index contributed by atoms with van der Waals surface area (Å²) in [5.74, 6) is -3.58. The molecular formula is C7H4FNO7S. The summed E-state index contributed by atoms with van der Waals surface area (Å²) in [7, 11) is -4.87. The fourth-order valence-electron chi connectivity index (χ4n) is 1.02. The van der Waals surface area contributed by atoms with Crippen LogP contribution in [-0.2, 0) is 10.1 Å². The van der Waals surface area contributed by atoms with Crippen LogP contribution in [0, 0.1) is 15.9 Å². The molecule has 92 valence electrons. The zero-order valence-corrected chi connectivity index (χ0v) is 8.64. The van der Waals surface area contributed by atoms with Gasteiger partial charge in [-0.15, -0.1) is 0 Å². The minimum Gasteiger partial charge on any atom is -0.478 e. The average Bonchev–Trinajstić information content (AvgIpc) is 2.14. The molecule has 0 unspecified atom stereocenters. The van der Waals surface area contributed by atoms with Gasteiger partial charge in [-0.1, -0.05) is 0 Å². The Hall–Kier alpha value is -2.07. The molecule has 0 atom stereocenters. The van der Waals surface area contributed by atoms with Crippen LogP contribution in [0.3, 0.4) is 0 Å². The van der Waals surface area contributed by atoms with Crippen molar-refractivity contribution in [3.63, 3.8) is 0 Å². The maximum absolute atomic E-state index is 13.2. The molecule has 0 heterocycles. The zero-order valence-electron chi connectivity index (χ0n) is 7.82. The summed E-state index contributed by atoms with van der Waals surface area (Å²) in [6.45, 7) is 0. The number of rotatable bonds is 3. The maximum Gasteiger partial charge on any atom is 0.339 e. The maximum atomic E-state index is 13.2. The number of halogens is 1. The Bertz CT molecular complexity index is 574. The molecule has 0 radical (unpaired) electrons. The van der Waals surface area contributed by atoms with Gasteiger partial charge in [0, 0.05) is 6.07 Å². The van der Waals surface area contributed by atoms with E-state index in [1.54, 1.807) is 0 Å². The van der Waals surface area contributed by atoms with Crippen LogP contribution in [0.25, 0.3) is 0 Å². The SMILES string of the molecule is O=C(O)c1cc(S(=O)(=O)O)cc([N+](=O)[O-])c1F. The topological polar surface area (TPSA) is 135 Å². The molecular weight excluding hydrogens is 261 g/mol. The molecule has 8 nitrogen and oxygen atoms in total. The molecule has 1 rings (SSSR count). The van der Waals surface area contributed by atoms with Gasteiger partial charge in [-0.3, -0.25) is 14.7 Å². The van der Waals surface area contributed by atoms with Gasteiger partial charge in [0.1, 0.15) is 10.5 Å². The monoisotopic (exact) mass is 265 g/mol. The Kier molecular flexibility index (Phi) is 3.11. The zero-order chi connectivity index (χ0) is 13.4. The van der Waals surface area contributed by atoms with Crippen molar-refractivity contribution in [1.29, 1.82) is 0 Å². The quantitative estimate of drug-likeness (QED) is 0.466. The van der Waals surface area contributed by atoms with Crippen LogP contribution < -0.4 is 0 Å². The summed E-state index contributed by atoms with van der Waals surface area (Å²) in [4.78, 5) is 18.5. The van der Waals surface area contributed by atoms with Crippen molar-refractivity contribution in [3.05, 3.63) is 33.6 Å². The van der Waals surface area contributed by atoms with Gasteiger partial charge in [-0.05, 0) is 6.07 Å². The minimum absolute atomic E-state index is 0.233. The van der Waals surface area contributed by atoms with Crippen molar-refractivity contribution in [2.24, 2.45) is 0 Å². The Morgan fingerprint density at radius 3 is 2.29 bits per heavy atom. The van der Waals surface area contributed by atoms with Gasteiger partial charge in [-0.25, -0.2) is 4.79 Å². The summed E-state index contributed by atoms with van der Waals surface area (Å²) >= 11 is 0. The molecule has 0 aromatic heterocycles. The first-order valence-electron chi connectivity index (χ1n) is 3.83. The largest absolute Gasteiger partial charge is 0.478 e. The third kappa shape index (κ3) is 2.54. The van der Waals surface area contributed by atoms with Crippen LogP contribution in [-0.4, -0.2) is 29.0 Å². The van der Waals surface area contributed by atoms with Crippen molar-refractivity contribution >= 4 is 21.8 Å². The van der Waals surface area contributed by atoms with Gasteiger partial charge in [-0.2, -0.15) is 12.8 Å². The summed E-state index contributed by atoms with van der Waals surface area (Å²) in [5.41, 5.74) is -2.57. The Morgan fingerprint density at radius 1 is 1.41 bits per heavy atom. The summed E-state index contributed by atoms with van der Waals surface area (Å²) < 4.78 is 43.3. The fourth-order valence-corrected chi connectivity index (χ4v) is 1.55. The lowest BCUT2D eigenvalue weighted by Crippen LogP contribution is -2.08. The normalized spacial score (nSPS) is 11.2. The van der Waals surface area contributed by atoms with E-state index in [1.807, 2.05) is 0 Å². The molecule has 1 aromatic carbocycles. The van der Waals surface area contributed by atoms with Crippen LogP contribution >= 0.6 is 0 Å². The van der Waals surface area contributed by atoms with Crippen LogP contribution in [0.4, 0.5) is 10.1 Å². The van der Waals surface area contributed by atoms with Crippen LogP contribution in [0.15, 0.2) is 17.0 Å². The number of hydrogen-bond donors (Lipinski definition) is 2. The molecule has 0 aliphatic carbocycles. The molecule has 0 saturated heterocycles. The van der Waals surface area contributed by atoms with Crippen molar-refractivity contribution in [2.45, 2.75) is 4.90 Å². The highest BCUT2D eigenvalue weighted by molar-refractivity contribution is 7.85. The number of carboxylic acids is 1.